The average Bonchev–Trinajstić information content (AvgIpc) is 3.58. The number of fused-ring (bicyclic) bond motifs is 1. The second kappa shape index (κ2) is 9.83. The molecule has 0 aliphatic carbocycles. The van der Waals surface area contributed by atoms with Gasteiger partial charge in [-0.2, -0.15) is 0 Å². The molecule has 2 aliphatic rings. The van der Waals surface area contributed by atoms with E-state index in [1.54, 1.807) is 28.8 Å². The Morgan fingerprint density at radius 1 is 1.11 bits per heavy atom. The van der Waals surface area contributed by atoms with Crippen LogP contribution in [0.3, 0.4) is 0 Å². The number of nitrogens with one attached hydrogen (secondary N) is 1. The minimum absolute atomic E-state index is 0.0138. The third-order valence-corrected chi connectivity index (χ3v) is 9.48. The van der Waals surface area contributed by atoms with E-state index in [4.69, 9.17) is 9.26 Å². The molecule has 5 rings (SSSR count). The number of aliphatic hydroxyl groups excluding tert-OH is 2. The van der Waals surface area contributed by atoms with Gasteiger partial charge in [-0.15, -0.1) is 0 Å². The standard InChI is InChI=1S/C24H35N7O6S/c1-13(2)38(34,35)30-8-6-14(7-9-30)28-21-17-22(26-11-25-21)31(12-27-17)23-19(33)18(32)20(36-23)15-10-16(29-37-15)24(3,4)5/h10-14,18-20,23,32-33H,6-9H2,1-5H3,(H,25,26,28)/t18-,19+,20+,23+/m0/s1. The monoisotopic (exact) mass is 549 g/mol. The van der Waals surface area contributed by atoms with E-state index < -0.39 is 39.8 Å². The molecule has 14 heteroatoms. The van der Waals surface area contributed by atoms with Crippen molar-refractivity contribution in [2.45, 2.75) is 88.7 Å². The van der Waals surface area contributed by atoms with E-state index in [-0.39, 0.29) is 11.5 Å². The third-order valence-electron chi connectivity index (χ3n) is 7.20. The van der Waals surface area contributed by atoms with Gasteiger partial charge in [0.05, 0.1) is 17.3 Å². The molecule has 2 fully saturated rings. The van der Waals surface area contributed by atoms with Gasteiger partial charge in [-0.3, -0.25) is 4.57 Å². The number of aromatic nitrogens is 5. The van der Waals surface area contributed by atoms with Gasteiger partial charge in [-0.05, 0) is 26.7 Å². The van der Waals surface area contributed by atoms with Crippen molar-refractivity contribution in [3.63, 3.8) is 0 Å². The Hall–Kier alpha value is -2.65. The second-order valence-corrected chi connectivity index (χ2v) is 13.7. The molecule has 4 atom stereocenters. The van der Waals surface area contributed by atoms with Gasteiger partial charge >= 0.3 is 0 Å². The van der Waals surface area contributed by atoms with Crippen LogP contribution in [-0.2, 0) is 20.2 Å². The van der Waals surface area contributed by atoms with Gasteiger partial charge < -0.3 is 24.8 Å². The van der Waals surface area contributed by atoms with E-state index in [0.29, 0.717) is 54.4 Å². The summed E-state index contributed by atoms with van der Waals surface area (Å²) in [4.78, 5) is 13.2. The first-order chi connectivity index (χ1) is 17.9. The zero-order chi connectivity index (χ0) is 27.4. The zero-order valence-electron chi connectivity index (χ0n) is 22.1. The molecule has 38 heavy (non-hydrogen) atoms. The van der Waals surface area contributed by atoms with E-state index in [9.17, 15) is 18.6 Å². The normalized spacial score (nSPS) is 26.0. The summed E-state index contributed by atoms with van der Waals surface area (Å²) in [5, 5.41) is 28.6. The summed E-state index contributed by atoms with van der Waals surface area (Å²) < 4.78 is 39.5. The average molecular weight is 550 g/mol. The minimum atomic E-state index is -3.28. The lowest BCUT2D eigenvalue weighted by Gasteiger charge is -2.32. The first-order valence-corrected chi connectivity index (χ1v) is 14.3. The fourth-order valence-corrected chi connectivity index (χ4v) is 6.11. The van der Waals surface area contributed by atoms with Crippen LogP contribution in [0.25, 0.3) is 11.2 Å². The number of hydrogen-bond donors (Lipinski definition) is 3. The Labute approximate surface area is 221 Å². The largest absolute Gasteiger partial charge is 0.387 e. The lowest BCUT2D eigenvalue weighted by Crippen LogP contribution is -2.44. The van der Waals surface area contributed by atoms with E-state index >= 15 is 0 Å². The van der Waals surface area contributed by atoms with Crippen molar-refractivity contribution in [1.82, 2.24) is 29.0 Å². The van der Waals surface area contributed by atoms with Gasteiger partial charge in [-0.1, -0.05) is 25.9 Å². The predicted molar refractivity (Wildman–Crippen MR) is 138 cm³/mol. The quantitative estimate of drug-likeness (QED) is 0.409. The van der Waals surface area contributed by atoms with Crippen LogP contribution in [0.4, 0.5) is 5.82 Å². The smallest absolute Gasteiger partial charge is 0.216 e. The number of hydrogen-bond acceptors (Lipinski definition) is 11. The third kappa shape index (κ3) is 4.79. The molecule has 5 heterocycles. The Kier molecular flexibility index (Phi) is 6.97. The Morgan fingerprint density at radius 2 is 1.82 bits per heavy atom. The second-order valence-electron chi connectivity index (χ2n) is 11.3. The summed E-state index contributed by atoms with van der Waals surface area (Å²) in [5.41, 5.74) is 1.37. The Balaban J connectivity index is 1.33. The molecule has 208 valence electrons. The van der Waals surface area contributed by atoms with E-state index in [1.165, 1.54) is 12.7 Å². The number of anilines is 1. The number of piperidine rings is 1. The highest BCUT2D eigenvalue weighted by atomic mass is 32.2. The van der Waals surface area contributed by atoms with Crippen molar-refractivity contribution in [3.05, 3.63) is 30.2 Å². The molecule has 0 aromatic carbocycles. The fraction of sp³-hybridized carbons (Fsp3) is 0.667. The van der Waals surface area contributed by atoms with Crippen molar-refractivity contribution in [3.8, 4) is 0 Å². The summed E-state index contributed by atoms with van der Waals surface area (Å²) in [7, 11) is -3.28. The van der Waals surface area contributed by atoms with Crippen molar-refractivity contribution < 1.29 is 27.9 Å². The molecule has 2 aliphatic heterocycles. The van der Waals surface area contributed by atoms with Gasteiger partial charge in [0.1, 0.15) is 24.6 Å². The van der Waals surface area contributed by atoms with E-state index in [2.05, 4.69) is 25.4 Å². The first-order valence-electron chi connectivity index (χ1n) is 12.8. The van der Waals surface area contributed by atoms with Crippen molar-refractivity contribution in [1.29, 1.82) is 0 Å². The highest BCUT2D eigenvalue weighted by molar-refractivity contribution is 7.89. The summed E-state index contributed by atoms with van der Waals surface area (Å²) in [6.07, 6.45) is -0.245. The molecule has 3 N–H and O–H groups in total. The van der Waals surface area contributed by atoms with Crippen LogP contribution < -0.4 is 5.32 Å². The number of sulfonamides is 1. The first kappa shape index (κ1) is 26.9. The van der Waals surface area contributed by atoms with Crippen LogP contribution in [0.15, 0.2) is 23.2 Å². The molecule has 0 saturated carbocycles. The van der Waals surface area contributed by atoms with E-state index in [1.807, 2.05) is 20.8 Å². The highest BCUT2D eigenvalue weighted by Crippen LogP contribution is 2.41. The maximum absolute atomic E-state index is 12.5. The summed E-state index contributed by atoms with van der Waals surface area (Å²) >= 11 is 0. The highest BCUT2D eigenvalue weighted by Gasteiger charge is 2.47. The summed E-state index contributed by atoms with van der Waals surface area (Å²) in [5.74, 6) is 0.838. The topological polar surface area (TPSA) is 169 Å². The molecular formula is C24H35N7O6S. The molecule has 0 radical (unpaired) electrons. The number of imidazole rings is 1. The lowest BCUT2D eigenvalue weighted by molar-refractivity contribution is -0.0434. The van der Waals surface area contributed by atoms with E-state index in [0.717, 1.165) is 0 Å². The minimum Gasteiger partial charge on any atom is -0.387 e. The summed E-state index contributed by atoms with van der Waals surface area (Å²) in [6, 6.07) is 1.75. The van der Waals surface area contributed by atoms with Crippen LogP contribution in [-0.4, -0.2) is 84.2 Å². The van der Waals surface area contributed by atoms with Crippen molar-refractivity contribution in [2.75, 3.05) is 18.4 Å². The van der Waals surface area contributed by atoms with Gasteiger partial charge in [-0.25, -0.2) is 27.7 Å². The van der Waals surface area contributed by atoms with Crippen LogP contribution in [0, 0.1) is 0 Å². The van der Waals surface area contributed by atoms with Gasteiger partial charge in [0, 0.05) is 30.6 Å². The SMILES string of the molecule is CC(C)S(=O)(=O)N1CCC(Nc2ncnc3c2ncn3[C@@H]2O[C@H](c3cc(C(C)(C)C)no3)[C@@H](O)[C@H]2O)CC1. The zero-order valence-corrected chi connectivity index (χ0v) is 23.0. The fourth-order valence-electron chi connectivity index (χ4n) is 4.79. The number of rotatable bonds is 6. The number of aliphatic hydroxyl groups is 2. The Bertz CT molecular complexity index is 1390. The molecular weight excluding hydrogens is 514 g/mol. The van der Waals surface area contributed by atoms with Crippen LogP contribution in [0.5, 0.6) is 0 Å². The maximum Gasteiger partial charge on any atom is 0.216 e. The maximum atomic E-state index is 12.5. The summed E-state index contributed by atoms with van der Waals surface area (Å²) in [6.45, 7) is 10.2. The van der Waals surface area contributed by atoms with Crippen molar-refractivity contribution >= 4 is 27.0 Å². The van der Waals surface area contributed by atoms with Crippen molar-refractivity contribution in [2.24, 2.45) is 0 Å². The molecule has 13 nitrogen and oxygen atoms in total. The number of ether oxygens (including phenoxy) is 1. The molecule has 3 aromatic heterocycles. The molecule has 0 amide bonds. The van der Waals surface area contributed by atoms with Crippen LogP contribution in [0.1, 0.15) is 71.2 Å². The van der Waals surface area contributed by atoms with Gasteiger partial charge in [0.2, 0.25) is 10.0 Å². The Morgan fingerprint density at radius 3 is 2.45 bits per heavy atom. The molecule has 0 bridgehead atoms. The number of nitrogens with zero attached hydrogens (tertiary/aromatic N) is 6. The van der Waals surface area contributed by atoms with Crippen LogP contribution >= 0.6 is 0 Å². The molecule has 0 spiro atoms. The van der Waals surface area contributed by atoms with Gasteiger partial charge in [0.15, 0.2) is 29.0 Å². The van der Waals surface area contributed by atoms with Gasteiger partial charge in [0.25, 0.3) is 0 Å². The predicted octanol–water partition coefficient (Wildman–Crippen LogP) is 1.72. The lowest BCUT2D eigenvalue weighted by atomic mass is 9.92. The van der Waals surface area contributed by atoms with Crippen LogP contribution in [0.2, 0.25) is 0 Å². The molecule has 2 saturated heterocycles. The molecule has 0 unspecified atom stereocenters. The molecule has 3 aromatic rings.